The maximum absolute atomic E-state index is 11.5. The number of furan rings is 1. The largest absolute Gasteiger partial charge is 0.462 e. The first-order valence-electron chi connectivity index (χ1n) is 6.98. The Balaban J connectivity index is 2.86. The third-order valence-corrected chi connectivity index (χ3v) is 2.50. The van der Waals surface area contributed by atoms with Crippen LogP contribution in [0.3, 0.4) is 0 Å². The van der Waals surface area contributed by atoms with Gasteiger partial charge in [0, 0.05) is 18.3 Å². The minimum absolute atomic E-state index is 0.151. The van der Waals surface area contributed by atoms with Crippen molar-refractivity contribution < 1.29 is 23.5 Å². The first kappa shape index (κ1) is 18.5. The lowest BCUT2D eigenvalue weighted by molar-refractivity contribution is -0.138. The van der Waals surface area contributed by atoms with E-state index >= 15 is 0 Å². The number of carbonyl (C=O) groups is 2. The number of hydrogen-bond acceptors (Lipinski definition) is 8. The van der Waals surface area contributed by atoms with Crippen molar-refractivity contribution in [3.8, 4) is 12.1 Å². The van der Waals surface area contributed by atoms with E-state index in [4.69, 9.17) is 24.4 Å². The number of rotatable bonds is 7. The SMILES string of the molecule is CCOC(=O)C(C#N)=CNc1ccc(C=C(C#N)C(=O)OCC)o1. The number of hydrogen-bond donors (Lipinski definition) is 1. The Labute approximate surface area is 138 Å². The van der Waals surface area contributed by atoms with E-state index in [1.165, 1.54) is 18.2 Å². The Morgan fingerprint density at radius 3 is 2.25 bits per heavy atom. The number of nitriles is 2. The molecule has 1 rings (SSSR count). The monoisotopic (exact) mass is 329 g/mol. The fourth-order valence-corrected chi connectivity index (χ4v) is 1.48. The molecule has 0 aliphatic rings. The van der Waals surface area contributed by atoms with Gasteiger partial charge in [0.2, 0.25) is 0 Å². The Hall–Kier alpha value is -3.52. The van der Waals surface area contributed by atoms with Crippen LogP contribution in [0, 0.1) is 22.7 Å². The topological polar surface area (TPSA) is 125 Å². The van der Waals surface area contributed by atoms with Crippen molar-refractivity contribution in [1.29, 1.82) is 10.5 Å². The highest BCUT2D eigenvalue weighted by molar-refractivity contribution is 5.97. The predicted molar refractivity (Wildman–Crippen MR) is 82.9 cm³/mol. The first-order valence-corrected chi connectivity index (χ1v) is 6.98. The highest BCUT2D eigenvalue weighted by Crippen LogP contribution is 2.17. The lowest BCUT2D eigenvalue weighted by atomic mass is 10.2. The van der Waals surface area contributed by atoms with E-state index in [1.54, 1.807) is 26.0 Å². The lowest BCUT2D eigenvalue weighted by Gasteiger charge is -2.00. The molecule has 24 heavy (non-hydrogen) atoms. The minimum atomic E-state index is -0.756. The smallest absolute Gasteiger partial charge is 0.350 e. The molecule has 0 bridgehead atoms. The highest BCUT2D eigenvalue weighted by atomic mass is 16.5. The maximum atomic E-state index is 11.5. The van der Waals surface area contributed by atoms with Crippen LogP contribution in [0.1, 0.15) is 19.6 Å². The van der Waals surface area contributed by atoms with Gasteiger partial charge in [0.15, 0.2) is 11.5 Å². The fourth-order valence-electron chi connectivity index (χ4n) is 1.48. The summed E-state index contributed by atoms with van der Waals surface area (Å²) in [5.74, 6) is -1.07. The molecule has 0 aliphatic heterocycles. The normalized spacial score (nSPS) is 11.2. The number of anilines is 1. The van der Waals surface area contributed by atoms with Crippen molar-refractivity contribution in [1.82, 2.24) is 0 Å². The number of carbonyl (C=O) groups excluding carboxylic acids is 2. The summed E-state index contributed by atoms with van der Waals surface area (Å²) in [6, 6.07) is 6.43. The fraction of sp³-hybridized carbons (Fsp3) is 0.250. The van der Waals surface area contributed by atoms with E-state index in [0.29, 0.717) is 0 Å². The summed E-state index contributed by atoms with van der Waals surface area (Å²) in [6.45, 7) is 3.56. The summed E-state index contributed by atoms with van der Waals surface area (Å²) in [5, 5.41) is 20.4. The van der Waals surface area contributed by atoms with Crippen molar-refractivity contribution in [3.05, 3.63) is 35.2 Å². The molecule has 0 unspecified atom stereocenters. The van der Waals surface area contributed by atoms with Gasteiger partial charge in [-0.2, -0.15) is 10.5 Å². The van der Waals surface area contributed by atoms with Gasteiger partial charge < -0.3 is 19.2 Å². The second-order valence-electron chi connectivity index (χ2n) is 4.13. The summed E-state index contributed by atoms with van der Waals surface area (Å²) < 4.78 is 14.8. The molecular weight excluding hydrogens is 314 g/mol. The number of nitrogens with one attached hydrogen (secondary N) is 1. The molecule has 1 aromatic heterocycles. The molecule has 1 aromatic rings. The van der Waals surface area contributed by atoms with Crippen LogP contribution in [0.5, 0.6) is 0 Å². The lowest BCUT2D eigenvalue weighted by Crippen LogP contribution is -2.07. The molecule has 0 saturated carbocycles. The quantitative estimate of drug-likeness (QED) is 0.458. The number of ether oxygens (including phenoxy) is 2. The summed E-state index contributed by atoms with van der Waals surface area (Å²) in [5.41, 5.74) is -0.438. The third kappa shape index (κ3) is 5.35. The molecule has 0 fully saturated rings. The van der Waals surface area contributed by atoms with E-state index in [1.807, 2.05) is 0 Å². The summed E-state index contributed by atoms with van der Waals surface area (Å²) >= 11 is 0. The van der Waals surface area contributed by atoms with Gasteiger partial charge >= 0.3 is 11.9 Å². The van der Waals surface area contributed by atoms with Crippen LogP contribution in [0.2, 0.25) is 0 Å². The Morgan fingerprint density at radius 1 is 1.12 bits per heavy atom. The molecule has 1 heterocycles. The van der Waals surface area contributed by atoms with Crippen LogP contribution >= 0.6 is 0 Å². The van der Waals surface area contributed by atoms with Crippen LogP contribution in [0.15, 0.2) is 33.9 Å². The molecule has 124 valence electrons. The second kappa shape index (κ2) is 9.49. The average molecular weight is 329 g/mol. The van der Waals surface area contributed by atoms with Gasteiger partial charge in [-0.25, -0.2) is 9.59 Å². The molecule has 1 N–H and O–H groups in total. The van der Waals surface area contributed by atoms with Gasteiger partial charge in [-0.05, 0) is 19.9 Å². The molecule has 0 atom stereocenters. The molecule has 0 spiro atoms. The van der Waals surface area contributed by atoms with Crippen molar-refractivity contribution in [3.63, 3.8) is 0 Å². The van der Waals surface area contributed by atoms with Crippen LogP contribution in [0.25, 0.3) is 6.08 Å². The van der Waals surface area contributed by atoms with E-state index < -0.39 is 11.9 Å². The van der Waals surface area contributed by atoms with Gasteiger partial charge in [-0.1, -0.05) is 0 Å². The second-order valence-corrected chi connectivity index (χ2v) is 4.13. The van der Waals surface area contributed by atoms with Crippen LogP contribution in [-0.2, 0) is 19.1 Å². The average Bonchev–Trinajstić information content (AvgIpc) is 3.01. The van der Waals surface area contributed by atoms with E-state index in [9.17, 15) is 9.59 Å². The van der Waals surface area contributed by atoms with Crippen molar-refractivity contribution in [2.45, 2.75) is 13.8 Å². The van der Waals surface area contributed by atoms with Crippen molar-refractivity contribution in [2.24, 2.45) is 0 Å². The zero-order valence-electron chi connectivity index (χ0n) is 13.2. The molecular formula is C16H15N3O5. The highest BCUT2D eigenvalue weighted by Gasteiger charge is 2.12. The molecule has 0 aromatic carbocycles. The van der Waals surface area contributed by atoms with Crippen LogP contribution in [-0.4, -0.2) is 25.2 Å². The Kier molecular flexibility index (Phi) is 7.32. The van der Waals surface area contributed by atoms with Crippen LogP contribution in [0.4, 0.5) is 5.88 Å². The molecule has 0 amide bonds. The maximum Gasteiger partial charge on any atom is 0.350 e. The van der Waals surface area contributed by atoms with Gasteiger partial charge in [0.25, 0.3) is 0 Å². The first-order chi connectivity index (χ1) is 11.5. The number of nitrogens with zero attached hydrogens (tertiary/aromatic N) is 2. The van der Waals surface area contributed by atoms with Crippen molar-refractivity contribution in [2.75, 3.05) is 18.5 Å². The van der Waals surface area contributed by atoms with Gasteiger partial charge in [0.05, 0.1) is 13.2 Å². The molecule has 8 nitrogen and oxygen atoms in total. The van der Waals surface area contributed by atoms with Gasteiger partial charge in [0.1, 0.15) is 23.5 Å². The van der Waals surface area contributed by atoms with E-state index in [2.05, 4.69) is 5.32 Å². The van der Waals surface area contributed by atoms with Crippen LogP contribution < -0.4 is 5.32 Å². The Bertz CT molecular complexity index is 746. The summed E-state index contributed by atoms with van der Waals surface area (Å²) in [4.78, 5) is 22.9. The van der Waals surface area contributed by atoms with Gasteiger partial charge in [-0.3, -0.25) is 0 Å². The van der Waals surface area contributed by atoms with E-state index in [-0.39, 0.29) is 36.0 Å². The summed E-state index contributed by atoms with van der Waals surface area (Å²) in [7, 11) is 0. The minimum Gasteiger partial charge on any atom is -0.462 e. The van der Waals surface area contributed by atoms with Gasteiger partial charge in [-0.15, -0.1) is 0 Å². The standard InChI is InChI=1S/C16H15N3O5/c1-3-22-15(20)11(8-17)7-13-5-6-14(24-13)19-10-12(9-18)16(21)23-4-2/h5-7,10,19H,3-4H2,1-2H3. The van der Waals surface area contributed by atoms with Crippen molar-refractivity contribution >= 4 is 23.9 Å². The van der Waals surface area contributed by atoms with E-state index in [0.717, 1.165) is 6.20 Å². The zero-order chi connectivity index (χ0) is 17.9. The Morgan fingerprint density at radius 2 is 1.71 bits per heavy atom. The molecule has 8 heteroatoms. The molecule has 0 aliphatic carbocycles. The molecule has 0 saturated heterocycles. The zero-order valence-corrected chi connectivity index (χ0v) is 13.2. The summed E-state index contributed by atoms with van der Waals surface area (Å²) in [6.07, 6.45) is 2.37. The predicted octanol–water partition coefficient (Wildman–Crippen LogP) is 2.13. The third-order valence-electron chi connectivity index (χ3n) is 2.50. The number of esters is 2. The molecule has 0 radical (unpaired) electrons.